The number of para-hydroxylation sites is 3. The summed E-state index contributed by atoms with van der Waals surface area (Å²) in [5, 5.41) is 2.07. The maximum Gasteiger partial charge on any atom is 0.268 e. The summed E-state index contributed by atoms with van der Waals surface area (Å²) < 4.78 is 96.0. The van der Waals surface area contributed by atoms with E-state index in [-0.39, 0.29) is 49.0 Å². The summed E-state index contributed by atoms with van der Waals surface area (Å²) >= 11 is 0. The summed E-state index contributed by atoms with van der Waals surface area (Å²) in [6.45, 7) is 4.33. The second kappa shape index (κ2) is 15.1. The van der Waals surface area contributed by atoms with Gasteiger partial charge in [-0.3, -0.25) is 4.57 Å². The Balaban J connectivity index is 0.00000560. The number of imidazole rings is 1. The average molecular weight is 887 g/mol. The molecule has 0 atom stereocenters. The Hall–Kier alpha value is -6.09. The predicted octanol–water partition coefficient (Wildman–Crippen LogP) is 11.8. The molecule has 0 spiro atoms. The largest absolute Gasteiger partial charge is 0.503 e. The van der Waals surface area contributed by atoms with E-state index in [4.69, 9.17) is 23.4 Å². The molecular weight excluding hydrogens is 842 g/mol. The first-order valence-electron chi connectivity index (χ1n) is 22.1. The van der Waals surface area contributed by atoms with Crippen molar-refractivity contribution in [3.05, 3.63) is 194 Å². The molecule has 0 fully saturated rings. The first-order valence-corrected chi connectivity index (χ1v) is 17.1. The van der Waals surface area contributed by atoms with Gasteiger partial charge in [0.1, 0.15) is 0 Å². The fourth-order valence-electron chi connectivity index (χ4n) is 6.52. The fourth-order valence-corrected chi connectivity index (χ4v) is 6.52. The first-order chi connectivity index (χ1) is 30.2. The van der Waals surface area contributed by atoms with Crippen LogP contribution in [-0.4, -0.2) is 9.55 Å². The molecule has 0 amide bonds. The number of pyridine rings is 1. The minimum atomic E-state index is -0.569. The molecule has 4 nitrogen and oxygen atoms in total. The van der Waals surface area contributed by atoms with E-state index in [1.807, 2.05) is 36.4 Å². The molecule has 9 rings (SSSR count). The predicted molar refractivity (Wildman–Crippen MR) is 214 cm³/mol. The van der Waals surface area contributed by atoms with E-state index in [9.17, 15) is 0 Å². The molecule has 0 N–H and O–H groups in total. The zero-order valence-electron chi connectivity index (χ0n) is 39.0. The third-order valence-electron chi connectivity index (χ3n) is 9.05. The van der Waals surface area contributed by atoms with Crippen molar-refractivity contribution >= 4 is 21.8 Å². The number of ether oxygens (including phenoxy) is 1. The SMILES string of the molecule is [2H]c1c([2H])c([2H])c(-c2cccc(-c3c([2H])c([2H])c([2H])c([2H])c3[2H])c2-[n+]2[c-]n(-c3[c-]c(Oc4[c-]c(-c5nccc6cc(C(C)C)ccc56)ccc4)ccc3)c3ccccc32)c([2H])c1[2H].[Pt]. The number of benzene rings is 7. The van der Waals surface area contributed by atoms with Crippen molar-refractivity contribution in [2.75, 3.05) is 0 Å². The van der Waals surface area contributed by atoms with Crippen molar-refractivity contribution < 1.29 is 44.1 Å². The van der Waals surface area contributed by atoms with Gasteiger partial charge in [-0.2, -0.15) is 12.1 Å². The normalized spacial score (nSPS) is 13.8. The summed E-state index contributed by atoms with van der Waals surface area (Å²) in [4.78, 5) is 4.70. The third kappa shape index (κ3) is 6.66. The Kier molecular flexibility index (Phi) is 7.00. The van der Waals surface area contributed by atoms with Gasteiger partial charge < -0.3 is 14.3 Å². The van der Waals surface area contributed by atoms with Crippen molar-refractivity contribution in [3.63, 3.8) is 0 Å². The topological polar surface area (TPSA) is 30.9 Å². The molecule has 9 aromatic rings. The zero-order chi connectivity index (χ0) is 44.4. The van der Waals surface area contributed by atoms with Crippen LogP contribution in [0.15, 0.2) is 170 Å². The summed E-state index contributed by atoms with van der Waals surface area (Å²) in [6, 6.07) is 32.9. The van der Waals surface area contributed by atoms with E-state index in [1.54, 1.807) is 63.9 Å². The van der Waals surface area contributed by atoms with Gasteiger partial charge in [-0.25, -0.2) is 0 Å². The molecule has 0 aliphatic carbocycles. The van der Waals surface area contributed by atoms with Gasteiger partial charge in [0, 0.05) is 38.8 Å². The van der Waals surface area contributed by atoms with E-state index in [2.05, 4.69) is 50.5 Å². The number of fused-ring (bicyclic) bond motifs is 2. The van der Waals surface area contributed by atoms with Crippen molar-refractivity contribution in [1.82, 2.24) is 9.55 Å². The average Bonchev–Trinajstić information content (AvgIpc) is 3.68. The minimum absolute atomic E-state index is 0. The molecule has 2 heterocycles. The maximum absolute atomic E-state index is 8.94. The molecule has 0 aliphatic heterocycles. The van der Waals surface area contributed by atoms with Gasteiger partial charge in [-0.15, -0.1) is 35.9 Å². The Morgan fingerprint density at radius 3 is 2.09 bits per heavy atom. The van der Waals surface area contributed by atoms with Crippen LogP contribution in [0.2, 0.25) is 0 Å². The molecule has 5 heteroatoms. The maximum atomic E-state index is 8.94. The van der Waals surface area contributed by atoms with Crippen LogP contribution in [0.4, 0.5) is 0 Å². The Morgan fingerprint density at radius 2 is 1.37 bits per heavy atom. The molecule has 264 valence electrons. The molecular formula is C49H35N3OPt-2. The van der Waals surface area contributed by atoms with Crippen LogP contribution in [-0.2, 0) is 21.1 Å². The van der Waals surface area contributed by atoms with Crippen molar-refractivity contribution in [3.8, 4) is 56.4 Å². The van der Waals surface area contributed by atoms with Crippen LogP contribution >= 0.6 is 0 Å². The van der Waals surface area contributed by atoms with Gasteiger partial charge in [-0.1, -0.05) is 141 Å². The summed E-state index contributed by atoms with van der Waals surface area (Å²) in [7, 11) is 0. The van der Waals surface area contributed by atoms with E-state index in [0.29, 0.717) is 34.1 Å². The Morgan fingerprint density at radius 1 is 0.704 bits per heavy atom. The Labute approximate surface area is 344 Å². The standard InChI is InChI=1S/C49H35N3O.Pt/c1-34(2)37-26-27-43-38(30-37)28-29-50-48(43)39-18-11-20-41(31-39)53-42-21-12-19-40(32-42)51-33-52(47-25-10-9-24-46(47)51)49-44(35-14-5-3-6-15-35)22-13-23-45(49)36-16-7-4-8-17-36;/h3-30,34H,1-2H3;/q-2;/i3D,4D,5D,6D,7D,8D,14D,15D,16D,17D;. The number of hydrogen-bond acceptors (Lipinski definition) is 2. The minimum Gasteiger partial charge on any atom is -0.503 e. The van der Waals surface area contributed by atoms with Crippen LogP contribution in [0.25, 0.3) is 66.7 Å². The molecule has 0 saturated heterocycles. The number of nitrogens with zero attached hydrogens (tertiary/aromatic N) is 3. The van der Waals surface area contributed by atoms with Crippen molar-refractivity contribution in [1.29, 1.82) is 0 Å². The van der Waals surface area contributed by atoms with Crippen LogP contribution in [0, 0.1) is 18.5 Å². The van der Waals surface area contributed by atoms with Crippen molar-refractivity contribution in [2.24, 2.45) is 0 Å². The van der Waals surface area contributed by atoms with Gasteiger partial charge in [0.25, 0.3) is 6.33 Å². The molecule has 7 aromatic carbocycles. The van der Waals surface area contributed by atoms with Gasteiger partial charge in [0.05, 0.1) is 30.4 Å². The van der Waals surface area contributed by atoms with Gasteiger partial charge in [-0.05, 0) is 62.0 Å². The summed E-state index contributed by atoms with van der Waals surface area (Å²) in [6.07, 6.45) is 5.17. The third-order valence-corrected chi connectivity index (χ3v) is 9.05. The summed E-state index contributed by atoms with van der Waals surface area (Å²) in [5.41, 5.74) is 4.62. The van der Waals surface area contributed by atoms with E-state index >= 15 is 0 Å². The fraction of sp³-hybridized carbons (Fsp3) is 0.0612. The van der Waals surface area contributed by atoms with Gasteiger partial charge >= 0.3 is 0 Å². The monoisotopic (exact) mass is 886 g/mol. The van der Waals surface area contributed by atoms with Crippen LogP contribution in [0.3, 0.4) is 0 Å². The van der Waals surface area contributed by atoms with Crippen LogP contribution in [0.1, 0.15) is 39.0 Å². The second-order valence-electron chi connectivity index (χ2n) is 12.7. The molecule has 0 unspecified atom stereocenters. The molecule has 54 heavy (non-hydrogen) atoms. The smallest absolute Gasteiger partial charge is 0.268 e. The molecule has 0 saturated carbocycles. The van der Waals surface area contributed by atoms with Gasteiger partial charge in [0.15, 0.2) is 0 Å². The van der Waals surface area contributed by atoms with Crippen molar-refractivity contribution in [2.45, 2.75) is 19.8 Å². The van der Waals surface area contributed by atoms with E-state index < -0.39 is 60.4 Å². The van der Waals surface area contributed by atoms with E-state index in [0.717, 1.165) is 22.0 Å². The van der Waals surface area contributed by atoms with Crippen LogP contribution in [0.5, 0.6) is 11.5 Å². The quantitative estimate of drug-likeness (QED) is 0.112. The number of hydrogen-bond donors (Lipinski definition) is 0. The molecule has 0 bridgehead atoms. The molecule has 0 radical (unpaired) electrons. The van der Waals surface area contributed by atoms with Crippen LogP contribution < -0.4 is 9.30 Å². The van der Waals surface area contributed by atoms with Gasteiger partial charge in [0.2, 0.25) is 0 Å². The zero-order valence-corrected chi connectivity index (χ0v) is 31.3. The molecule has 0 aliphatic rings. The number of aromatic nitrogens is 3. The number of rotatable bonds is 8. The summed E-state index contributed by atoms with van der Waals surface area (Å²) in [5.74, 6) is 1.19. The van der Waals surface area contributed by atoms with E-state index in [1.165, 1.54) is 5.56 Å². The second-order valence-corrected chi connectivity index (χ2v) is 12.7. The Bertz CT molecular complexity index is 3190. The molecule has 2 aromatic heterocycles. The first kappa shape index (κ1) is 25.0.